The van der Waals surface area contributed by atoms with Crippen molar-refractivity contribution in [3.05, 3.63) is 64.6 Å². The molecule has 0 aromatic heterocycles. The van der Waals surface area contributed by atoms with Crippen molar-refractivity contribution in [2.24, 2.45) is 0 Å². The minimum Gasteiger partial charge on any atom is -0.545 e. The van der Waals surface area contributed by atoms with Crippen LogP contribution >= 0.6 is 24.0 Å². The average molecular weight is 412 g/mol. The Kier molecular flexibility index (Phi) is 6.16. The summed E-state index contributed by atoms with van der Waals surface area (Å²) in [5.41, 5.74) is 2.65. The molecule has 0 aliphatic carbocycles. The molecule has 3 rings (SSSR count). The summed E-state index contributed by atoms with van der Waals surface area (Å²) in [5, 5.41) is 10.8. The maximum absolute atomic E-state index is 12.9. The van der Waals surface area contributed by atoms with Crippen LogP contribution in [0.15, 0.2) is 53.4 Å². The van der Waals surface area contributed by atoms with Crippen LogP contribution < -0.4 is 14.9 Å². The Labute approximate surface area is 173 Å². The van der Waals surface area contributed by atoms with E-state index in [9.17, 15) is 14.7 Å². The molecule has 0 unspecified atom stereocenters. The smallest absolute Gasteiger partial charge is 0.270 e. The SMILES string of the molecule is CCN(CC)c1ccc(N2C(=O)/C(=C/c3ccc(C(=O)[O-])cc3)SC2=S)cc1. The summed E-state index contributed by atoms with van der Waals surface area (Å²) in [4.78, 5) is 28.0. The van der Waals surface area contributed by atoms with Crippen LogP contribution in [-0.4, -0.2) is 29.3 Å². The van der Waals surface area contributed by atoms with Gasteiger partial charge < -0.3 is 14.8 Å². The maximum Gasteiger partial charge on any atom is 0.270 e. The number of thioether (sulfide) groups is 1. The molecule has 0 atom stereocenters. The summed E-state index contributed by atoms with van der Waals surface area (Å²) < 4.78 is 0.471. The summed E-state index contributed by atoms with van der Waals surface area (Å²) in [6, 6.07) is 14.0. The molecule has 0 radical (unpaired) electrons. The third kappa shape index (κ3) is 4.10. The highest BCUT2D eigenvalue weighted by molar-refractivity contribution is 8.27. The lowest BCUT2D eigenvalue weighted by Crippen LogP contribution is -2.27. The first-order valence-corrected chi connectivity index (χ1v) is 10.1. The van der Waals surface area contributed by atoms with Gasteiger partial charge in [-0.2, -0.15) is 0 Å². The number of nitrogens with zero attached hydrogens (tertiary/aromatic N) is 2. The average Bonchev–Trinajstić information content (AvgIpc) is 2.97. The Bertz CT molecular complexity index is 933. The van der Waals surface area contributed by atoms with Crippen molar-refractivity contribution in [1.29, 1.82) is 0 Å². The molecule has 1 amide bonds. The van der Waals surface area contributed by atoms with E-state index in [-0.39, 0.29) is 11.5 Å². The number of hydrogen-bond acceptors (Lipinski definition) is 6. The largest absolute Gasteiger partial charge is 0.545 e. The Morgan fingerprint density at radius 3 is 2.25 bits per heavy atom. The van der Waals surface area contributed by atoms with E-state index in [1.807, 2.05) is 24.3 Å². The van der Waals surface area contributed by atoms with E-state index < -0.39 is 5.97 Å². The summed E-state index contributed by atoms with van der Waals surface area (Å²) in [7, 11) is 0. The first kappa shape index (κ1) is 20.1. The molecular weight excluding hydrogens is 392 g/mol. The van der Waals surface area contributed by atoms with E-state index in [2.05, 4.69) is 18.7 Å². The highest BCUT2D eigenvalue weighted by Gasteiger charge is 2.33. The van der Waals surface area contributed by atoms with Crippen LogP contribution in [0.4, 0.5) is 11.4 Å². The van der Waals surface area contributed by atoms with Gasteiger partial charge in [0.15, 0.2) is 4.32 Å². The van der Waals surface area contributed by atoms with E-state index >= 15 is 0 Å². The Morgan fingerprint density at radius 2 is 1.71 bits per heavy atom. The Morgan fingerprint density at radius 1 is 1.11 bits per heavy atom. The fourth-order valence-electron chi connectivity index (χ4n) is 2.96. The molecule has 1 aliphatic heterocycles. The second-order valence-corrected chi connectivity index (χ2v) is 7.79. The molecule has 1 aliphatic rings. The van der Waals surface area contributed by atoms with Crippen molar-refractivity contribution in [3.8, 4) is 0 Å². The molecule has 2 aromatic carbocycles. The number of carbonyl (C=O) groups excluding carboxylic acids is 2. The minimum absolute atomic E-state index is 0.0954. The van der Waals surface area contributed by atoms with Gasteiger partial charge in [0.05, 0.1) is 16.6 Å². The molecular formula is C21H19N2O3S2-. The van der Waals surface area contributed by atoms with Crippen molar-refractivity contribution in [3.63, 3.8) is 0 Å². The lowest BCUT2D eigenvalue weighted by atomic mass is 10.1. The fourth-order valence-corrected chi connectivity index (χ4v) is 4.26. The van der Waals surface area contributed by atoms with E-state index in [1.165, 1.54) is 28.8 Å². The summed E-state index contributed by atoms with van der Waals surface area (Å²) >= 11 is 6.64. The minimum atomic E-state index is -1.23. The van der Waals surface area contributed by atoms with E-state index in [1.54, 1.807) is 18.2 Å². The zero-order valence-electron chi connectivity index (χ0n) is 15.5. The Balaban J connectivity index is 1.82. The molecule has 5 nitrogen and oxygen atoms in total. The van der Waals surface area contributed by atoms with Gasteiger partial charge in [0.2, 0.25) is 0 Å². The number of carbonyl (C=O) groups is 2. The number of hydrogen-bond donors (Lipinski definition) is 0. The second-order valence-electron chi connectivity index (χ2n) is 6.12. The molecule has 1 heterocycles. The summed E-state index contributed by atoms with van der Waals surface area (Å²) in [5.74, 6) is -1.42. The lowest BCUT2D eigenvalue weighted by Gasteiger charge is -2.22. The normalized spacial score (nSPS) is 15.4. The van der Waals surface area contributed by atoms with Crippen molar-refractivity contribution in [2.75, 3.05) is 22.9 Å². The molecule has 0 spiro atoms. The predicted octanol–water partition coefficient (Wildman–Crippen LogP) is 3.30. The number of anilines is 2. The van der Waals surface area contributed by atoms with Crippen molar-refractivity contribution in [1.82, 2.24) is 0 Å². The topological polar surface area (TPSA) is 63.7 Å². The lowest BCUT2D eigenvalue weighted by molar-refractivity contribution is -0.255. The number of rotatable bonds is 6. The van der Waals surface area contributed by atoms with Gasteiger partial charge >= 0.3 is 0 Å². The van der Waals surface area contributed by atoms with Crippen molar-refractivity contribution in [2.45, 2.75) is 13.8 Å². The quantitative estimate of drug-likeness (QED) is 0.537. The second kappa shape index (κ2) is 8.58. The molecule has 0 N–H and O–H groups in total. The number of carboxylic acids is 1. The van der Waals surface area contributed by atoms with Crippen LogP contribution in [-0.2, 0) is 4.79 Å². The molecule has 144 valence electrons. The van der Waals surface area contributed by atoms with Gasteiger partial charge in [-0.05, 0) is 55.3 Å². The van der Waals surface area contributed by atoms with Crippen LogP contribution in [0.25, 0.3) is 6.08 Å². The third-order valence-electron chi connectivity index (χ3n) is 4.47. The Hall–Kier alpha value is -2.64. The number of aromatic carboxylic acids is 1. The number of carboxylic acid groups (broad SMARTS) is 1. The summed E-state index contributed by atoms with van der Waals surface area (Å²) in [6.07, 6.45) is 1.71. The van der Waals surface area contributed by atoms with Gasteiger partial charge in [-0.1, -0.05) is 48.2 Å². The monoisotopic (exact) mass is 411 g/mol. The van der Waals surface area contributed by atoms with Crippen LogP contribution in [0, 0.1) is 0 Å². The molecule has 0 bridgehead atoms. The van der Waals surface area contributed by atoms with E-state index in [0.717, 1.165) is 30.0 Å². The highest BCUT2D eigenvalue weighted by atomic mass is 32.2. The van der Waals surface area contributed by atoms with E-state index in [0.29, 0.717) is 9.23 Å². The van der Waals surface area contributed by atoms with Crippen molar-refractivity contribution < 1.29 is 14.7 Å². The summed E-state index contributed by atoms with van der Waals surface area (Å²) in [6.45, 7) is 6.03. The van der Waals surface area contributed by atoms with Gasteiger partial charge in [-0.3, -0.25) is 9.69 Å². The number of benzene rings is 2. The zero-order valence-corrected chi connectivity index (χ0v) is 17.2. The molecule has 0 saturated carbocycles. The van der Waals surface area contributed by atoms with Gasteiger partial charge in [0.1, 0.15) is 0 Å². The number of amides is 1. The molecule has 7 heteroatoms. The van der Waals surface area contributed by atoms with Gasteiger partial charge in [-0.25, -0.2) is 0 Å². The standard InChI is InChI=1S/C21H20N2O3S2/c1-3-22(4-2)16-9-11-17(12-10-16)23-19(24)18(28-21(23)27)13-14-5-7-15(8-6-14)20(25)26/h5-13H,3-4H2,1-2H3,(H,25,26)/p-1/b18-13-. The maximum atomic E-state index is 12.9. The van der Waals surface area contributed by atoms with Gasteiger partial charge in [0, 0.05) is 18.8 Å². The van der Waals surface area contributed by atoms with E-state index in [4.69, 9.17) is 12.2 Å². The number of thiocarbonyl (C=S) groups is 1. The van der Waals surface area contributed by atoms with Gasteiger partial charge in [0.25, 0.3) is 5.91 Å². The first-order valence-electron chi connectivity index (χ1n) is 8.89. The van der Waals surface area contributed by atoms with Gasteiger partial charge in [-0.15, -0.1) is 0 Å². The first-order chi connectivity index (χ1) is 13.4. The van der Waals surface area contributed by atoms with Crippen LogP contribution in [0.5, 0.6) is 0 Å². The van der Waals surface area contributed by atoms with Crippen LogP contribution in [0.2, 0.25) is 0 Å². The predicted molar refractivity (Wildman–Crippen MR) is 116 cm³/mol. The van der Waals surface area contributed by atoms with Crippen LogP contribution in [0.1, 0.15) is 29.8 Å². The molecule has 2 aromatic rings. The molecule has 28 heavy (non-hydrogen) atoms. The molecule has 1 saturated heterocycles. The fraction of sp³-hybridized carbons (Fsp3) is 0.190. The third-order valence-corrected chi connectivity index (χ3v) is 5.78. The molecule has 1 fully saturated rings. The zero-order chi connectivity index (χ0) is 20.3. The van der Waals surface area contributed by atoms with Crippen molar-refractivity contribution >= 4 is 57.6 Å². The van der Waals surface area contributed by atoms with Crippen LogP contribution in [0.3, 0.4) is 0 Å². The highest BCUT2D eigenvalue weighted by Crippen LogP contribution is 2.36.